The summed E-state index contributed by atoms with van der Waals surface area (Å²) < 4.78 is 0. The van der Waals surface area contributed by atoms with Crippen LogP contribution in [0.1, 0.15) is 20.8 Å². The molecule has 0 aliphatic carbocycles. The summed E-state index contributed by atoms with van der Waals surface area (Å²) in [5.74, 6) is -1.01. The Hall–Kier alpha value is -0.610. The van der Waals surface area contributed by atoms with Crippen LogP contribution in [0.5, 0.6) is 0 Å². The van der Waals surface area contributed by atoms with Crippen molar-refractivity contribution in [1.29, 1.82) is 0 Å². The third kappa shape index (κ3) is 6.47. The minimum absolute atomic E-state index is 0.297. The molecule has 4 heteroatoms. The first-order valence-corrected chi connectivity index (χ1v) is 5.46. The van der Waals surface area contributed by atoms with E-state index in [0.717, 1.165) is 13.1 Å². The van der Waals surface area contributed by atoms with Crippen molar-refractivity contribution >= 4 is 5.97 Å². The molecule has 1 atom stereocenters. The molecule has 0 aromatic carbocycles. The van der Waals surface area contributed by atoms with Crippen LogP contribution in [0.3, 0.4) is 0 Å². The minimum Gasteiger partial charge on any atom is -0.481 e. The second kappa shape index (κ2) is 6.80. The molecule has 0 radical (unpaired) electrons. The molecule has 4 nitrogen and oxygen atoms in total. The number of likely N-dealkylation sites (N-methyl/N-ethyl adjacent to an activating group) is 1. The lowest BCUT2D eigenvalue weighted by molar-refractivity contribution is -0.141. The number of rotatable bonds is 7. The smallest absolute Gasteiger partial charge is 0.307 e. The maximum atomic E-state index is 10.8. The van der Waals surface area contributed by atoms with Gasteiger partial charge in [-0.05, 0) is 27.9 Å². The Morgan fingerprint density at radius 1 is 1.20 bits per heavy atom. The van der Waals surface area contributed by atoms with E-state index in [2.05, 4.69) is 23.6 Å². The number of hydrogen-bond acceptors (Lipinski definition) is 3. The highest BCUT2D eigenvalue weighted by atomic mass is 16.4. The van der Waals surface area contributed by atoms with E-state index in [0.29, 0.717) is 12.6 Å². The van der Waals surface area contributed by atoms with Crippen LogP contribution in [-0.2, 0) is 4.79 Å². The van der Waals surface area contributed by atoms with Gasteiger partial charge >= 0.3 is 5.97 Å². The van der Waals surface area contributed by atoms with Gasteiger partial charge in [0.05, 0.1) is 5.92 Å². The van der Waals surface area contributed by atoms with Crippen molar-refractivity contribution in [3.05, 3.63) is 0 Å². The Kier molecular flexibility index (Phi) is 6.52. The monoisotopic (exact) mass is 216 g/mol. The number of carbonyl (C=O) groups is 1. The Balaban J connectivity index is 4.10. The van der Waals surface area contributed by atoms with Gasteiger partial charge in [-0.2, -0.15) is 0 Å². The van der Waals surface area contributed by atoms with Crippen LogP contribution < -0.4 is 0 Å². The summed E-state index contributed by atoms with van der Waals surface area (Å²) in [5, 5.41) is 8.85. The summed E-state index contributed by atoms with van der Waals surface area (Å²) in [5.41, 5.74) is 0. The minimum atomic E-state index is -0.717. The molecule has 0 saturated carbocycles. The van der Waals surface area contributed by atoms with E-state index in [4.69, 9.17) is 5.11 Å². The normalized spacial score (nSPS) is 13.9. The van der Waals surface area contributed by atoms with E-state index >= 15 is 0 Å². The molecule has 0 aromatic heterocycles. The lowest BCUT2D eigenvalue weighted by Crippen LogP contribution is -2.40. The fourth-order valence-corrected chi connectivity index (χ4v) is 1.32. The van der Waals surface area contributed by atoms with Crippen LogP contribution in [0.4, 0.5) is 0 Å². The fraction of sp³-hybridized carbons (Fsp3) is 0.909. The predicted molar refractivity (Wildman–Crippen MR) is 62.1 cm³/mol. The zero-order chi connectivity index (χ0) is 12.0. The molecule has 15 heavy (non-hydrogen) atoms. The average Bonchev–Trinajstić information content (AvgIpc) is 2.10. The molecule has 0 aliphatic heterocycles. The molecule has 90 valence electrons. The van der Waals surface area contributed by atoms with Gasteiger partial charge in [-0.15, -0.1) is 0 Å². The molecule has 1 N–H and O–H groups in total. The predicted octanol–water partition coefficient (Wildman–Crippen LogP) is 0.979. The zero-order valence-corrected chi connectivity index (χ0v) is 10.5. The quantitative estimate of drug-likeness (QED) is 0.689. The molecule has 0 heterocycles. The summed E-state index contributed by atoms with van der Waals surface area (Å²) in [7, 11) is 4.05. The van der Waals surface area contributed by atoms with Crippen LogP contribution >= 0.6 is 0 Å². The van der Waals surface area contributed by atoms with Crippen molar-refractivity contribution in [3.63, 3.8) is 0 Å². The molecule has 0 saturated heterocycles. The first-order valence-electron chi connectivity index (χ1n) is 5.46. The number of carboxylic acids is 1. The van der Waals surface area contributed by atoms with Gasteiger partial charge in [-0.3, -0.25) is 9.69 Å². The first-order chi connectivity index (χ1) is 6.84. The second-order valence-electron chi connectivity index (χ2n) is 4.63. The highest BCUT2D eigenvalue weighted by Crippen LogP contribution is 2.04. The summed E-state index contributed by atoms with van der Waals surface area (Å²) in [6.07, 6.45) is 0. The molecule has 1 unspecified atom stereocenters. The maximum Gasteiger partial charge on any atom is 0.307 e. The van der Waals surface area contributed by atoms with Gasteiger partial charge < -0.3 is 10.0 Å². The van der Waals surface area contributed by atoms with Gasteiger partial charge in [-0.1, -0.05) is 6.92 Å². The molecule has 0 rings (SSSR count). The van der Waals surface area contributed by atoms with E-state index in [9.17, 15) is 4.79 Å². The van der Waals surface area contributed by atoms with E-state index in [1.807, 2.05) is 14.1 Å². The summed E-state index contributed by atoms with van der Waals surface area (Å²) >= 11 is 0. The number of aliphatic carboxylic acids is 1. The Bertz CT molecular complexity index is 193. The van der Waals surface area contributed by atoms with Gasteiger partial charge in [0.25, 0.3) is 0 Å². The van der Waals surface area contributed by atoms with Gasteiger partial charge in [0.15, 0.2) is 0 Å². The van der Waals surface area contributed by atoms with Gasteiger partial charge in [0.2, 0.25) is 0 Å². The van der Waals surface area contributed by atoms with Crippen molar-refractivity contribution in [3.8, 4) is 0 Å². The summed E-state index contributed by atoms with van der Waals surface area (Å²) in [6, 6.07) is 0.395. The van der Waals surface area contributed by atoms with Crippen LogP contribution in [-0.4, -0.2) is 60.6 Å². The number of nitrogens with zero attached hydrogens (tertiary/aromatic N) is 2. The third-order valence-electron chi connectivity index (χ3n) is 2.49. The van der Waals surface area contributed by atoms with E-state index in [-0.39, 0.29) is 5.92 Å². The Morgan fingerprint density at radius 3 is 2.07 bits per heavy atom. The standard InChI is InChI=1S/C11H24N2O2/c1-9(2)13(7-6-12(4)5)8-10(3)11(14)15/h9-10H,6-8H2,1-5H3,(H,14,15). The van der Waals surface area contributed by atoms with Crippen molar-refractivity contribution < 1.29 is 9.90 Å². The molecule has 0 amide bonds. The molecule has 0 aliphatic rings. The van der Waals surface area contributed by atoms with E-state index in [1.54, 1.807) is 6.92 Å². The topological polar surface area (TPSA) is 43.8 Å². The number of carboxylic acid groups (broad SMARTS) is 1. The van der Waals surface area contributed by atoms with E-state index in [1.165, 1.54) is 0 Å². The van der Waals surface area contributed by atoms with Crippen molar-refractivity contribution in [2.24, 2.45) is 5.92 Å². The van der Waals surface area contributed by atoms with E-state index < -0.39 is 5.97 Å². The highest BCUT2D eigenvalue weighted by Gasteiger charge is 2.17. The molecule has 0 spiro atoms. The third-order valence-corrected chi connectivity index (χ3v) is 2.49. The molecule has 0 fully saturated rings. The lowest BCUT2D eigenvalue weighted by atomic mass is 10.1. The van der Waals surface area contributed by atoms with Crippen LogP contribution in [0.25, 0.3) is 0 Å². The summed E-state index contributed by atoms with van der Waals surface area (Å²) in [6.45, 7) is 8.47. The molecule has 0 aromatic rings. The van der Waals surface area contributed by atoms with Crippen LogP contribution in [0, 0.1) is 5.92 Å². The first kappa shape index (κ1) is 14.4. The Morgan fingerprint density at radius 2 is 1.73 bits per heavy atom. The van der Waals surface area contributed by atoms with Crippen molar-refractivity contribution in [2.45, 2.75) is 26.8 Å². The lowest BCUT2D eigenvalue weighted by Gasteiger charge is -2.29. The van der Waals surface area contributed by atoms with Crippen molar-refractivity contribution in [1.82, 2.24) is 9.80 Å². The van der Waals surface area contributed by atoms with Gasteiger partial charge in [0, 0.05) is 25.7 Å². The molecular weight excluding hydrogens is 192 g/mol. The molecule has 0 bridgehead atoms. The fourth-order valence-electron chi connectivity index (χ4n) is 1.32. The van der Waals surface area contributed by atoms with Crippen LogP contribution in [0.2, 0.25) is 0 Å². The second-order valence-corrected chi connectivity index (χ2v) is 4.63. The van der Waals surface area contributed by atoms with Crippen molar-refractivity contribution in [2.75, 3.05) is 33.7 Å². The number of hydrogen-bond donors (Lipinski definition) is 1. The van der Waals surface area contributed by atoms with Gasteiger partial charge in [0.1, 0.15) is 0 Å². The highest BCUT2D eigenvalue weighted by molar-refractivity contribution is 5.69. The molecular formula is C11H24N2O2. The van der Waals surface area contributed by atoms with Gasteiger partial charge in [-0.25, -0.2) is 0 Å². The maximum absolute atomic E-state index is 10.8. The largest absolute Gasteiger partial charge is 0.481 e. The average molecular weight is 216 g/mol. The van der Waals surface area contributed by atoms with Crippen LogP contribution in [0.15, 0.2) is 0 Å². The summed E-state index contributed by atoms with van der Waals surface area (Å²) in [4.78, 5) is 15.1. The SMILES string of the molecule is CC(CN(CCN(C)C)C(C)C)C(=O)O. The Labute approximate surface area is 92.9 Å². The zero-order valence-electron chi connectivity index (χ0n) is 10.5.